The number of amides is 1. The topological polar surface area (TPSA) is 109 Å². The Balaban J connectivity index is 1.15. The number of carbonyl (C=O) groups is 1. The van der Waals surface area contributed by atoms with Gasteiger partial charge >= 0.3 is 0 Å². The van der Waals surface area contributed by atoms with Crippen LogP contribution in [0, 0.1) is 17.8 Å². The third-order valence-corrected chi connectivity index (χ3v) is 10.4. The first-order valence-corrected chi connectivity index (χ1v) is 13.8. The number of fused-ring (bicyclic) bond motifs is 1. The van der Waals surface area contributed by atoms with Gasteiger partial charge in [0.05, 0.1) is 6.17 Å². The molecule has 0 radical (unpaired) electrons. The summed E-state index contributed by atoms with van der Waals surface area (Å²) in [5.74, 6) is 1.84. The molecule has 5 aliphatic rings. The molecule has 6 atom stereocenters. The molecule has 1 saturated carbocycles. The maximum Gasteiger partial charge on any atom is 0.219 e. The Morgan fingerprint density at radius 1 is 1.00 bits per heavy atom. The van der Waals surface area contributed by atoms with Gasteiger partial charge in [0.15, 0.2) is 0 Å². The summed E-state index contributed by atoms with van der Waals surface area (Å²) >= 11 is 0. The molecule has 4 aliphatic heterocycles. The Labute approximate surface area is 191 Å². The van der Waals surface area contributed by atoms with Crippen LogP contribution in [0.15, 0.2) is 0 Å². The molecule has 0 bridgehead atoms. The van der Waals surface area contributed by atoms with E-state index in [9.17, 15) is 13.2 Å². The average Bonchev–Trinajstić information content (AvgIpc) is 3.35. The Bertz CT molecular complexity index is 803. The predicted molar refractivity (Wildman–Crippen MR) is 121 cm³/mol. The third-order valence-electron chi connectivity index (χ3n) is 8.53. The fourth-order valence-corrected chi connectivity index (χ4v) is 8.07. The maximum absolute atomic E-state index is 13.3. The van der Waals surface area contributed by atoms with Crippen LogP contribution in [0.25, 0.3) is 0 Å². The van der Waals surface area contributed by atoms with E-state index in [1.54, 1.807) is 6.92 Å². The second-order valence-electron chi connectivity index (χ2n) is 10.5. The van der Waals surface area contributed by atoms with Gasteiger partial charge in [0.1, 0.15) is 5.25 Å². The molecule has 10 nitrogen and oxygen atoms in total. The van der Waals surface area contributed by atoms with Gasteiger partial charge in [-0.05, 0) is 50.0 Å². The Morgan fingerprint density at radius 3 is 2.59 bits per heavy atom. The molecule has 0 aromatic rings. The summed E-state index contributed by atoms with van der Waals surface area (Å²) in [6, 6.07) is 0.217. The molecule has 5 fully saturated rings. The van der Waals surface area contributed by atoms with Crippen LogP contribution in [0.3, 0.4) is 0 Å². The van der Waals surface area contributed by atoms with E-state index in [1.807, 2.05) is 11.9 Å². The molecule has 1 aliphatic carbocycles. The van der Waals surface area contributed by atoms with Gasteiger partial charge in [0.25, 0.3) is 0 Å². The molecule has 5 rings (SSSR count). The van der Waals surface area contributed by atoms with E-state index in [-0.39, 0.29) is 24.2 Å². The second kappa shape index (κ2) is 9.09. The van der Waals surface area contributed by atoms with E-state index in [1.165, 1.54) is 6.42 Å². The van der Waals surface area contributed by atoms with E-state index < -0.39 is 15.3 Å². The van der Waals surface area contributed by atoms with Crippen molar-refractivity contribution in [3.63, 3.8) is 0 Å². The monoisotopic (exact) mass is 469 g/mol. The van der Waals surface area contributed by atoms with E-state index in [4.69, 9.17) is 0 Å². The first kappa shape index (κ1) is 22.9. The molecule has 11 heteroatoms. The van der Waals surface area contributed by atoms with Gasteiger partial charge in [-0.25, -0.2) is 23.2 Å². The lowest BCUT2D eigenvalue weighted by Gasteiger charge is -2.46. The number of hydrogen-bond donors (Lipinski definition) is 4. The number of hydrazine groups is 2. The van der Waals surface area contributed by atoms with Crippen LogP contribution in [0.1, 0.15) is 39.0 Å². The van der Waals surface area contributed by atoms with Gasteiger partial charge in [-0.1, -0.05) is 6.42 Å². The summed E-state index contributed by atoms with van der Waals surface area (Å²) in [5, 5.41) is 7.34. The van der Waals surface area contributed by atoms with Gasteiger partial charge < -0.3 is 10.2 Å². The normalized spacial score (nSPS) is 39.8. The Kier molecular flexibility index (Phi) is 6.52. The highest BCUT2D eigenvalue weighted by molar-refractivity contribution is 7.90. The smallest absolute Gasteiger partial charge is 0.219 e. The molecule has 182 valence electrons. The molecule has 1 amide bonds. The molecule has 0 aromatic carbocycles. The van der Waals surface area contributed by atoms with Crippen LogP contribution in [0.4, 0.5) is 0 Å². The number of likely N-dealkylation sites (N-methyl/N-ethyl adjacent to an activating group) is 1. The number of piperidine rings is 1. The summed E-state index contributed by atoms with van der Waals surface area (Å²) in [5.41, 5.74) is 6.74. The van der Waals surface area contributed by atoms with E-state index >= 15 is 0 Å². The predicted octanol–water partition coefficient (Wildman–Crippen LogP) is -1.11. The molecule has 32 heavy (non-hydrogen) atoms. The van der Waals surface area contributed by atoms with Crippen molar-refractivity contribution >= 4 is 15.9 Å². The summed E-state index contributed by atoms with van der Waals surface area (Å²) in [6.45, 7) is 6.20. The molecule has 6 unspecified atom stereocenters. The summed E-state index contributed by atoms with van der Waals surface area (Å²) < 4.78 is 29.6. The van der Waals surface area contributed by atoms with Gasteiger partial charge in [-0.2, -0.15) is 0 Å². The van der Waals surface area contributed by atoms with Crippen molar-refractivity contribution < 1.29 is 13.2 Å². The summed E-state index contributed by atoms with van der Waals surface area (Å²) in [4.78, 5) is 13.4. The zero-order chi connectivity index (χ0) is 22.5. The fraction of sp³-hybridized carbons (Fsp3) is 0.952. The third kappa shape index (κ3) is 4.45. The van der Waals surface area contributed by atoms with Crippen molar-refractivity contribution in [2.45, 2.75) is 62.5 Å². The first-order valence-electron chi connectivity index (χ1n) is 12.3. The maximum atomic E-state index is 13.3. The van der Waals surface area contributed by atoms with Crippen LogP contribution in [-0.4, -0.2) is 99.1 Å². The number of rotatable bonds is 5. The Morgan fingerprint density at radius 2 is 1.81 bits per heavy atom. The van der Waals surface area contributed by atoms with Crippen LogP contribution in [0.2, 0.25) is 0 Å². The molecule has 0 aromatic heterocycles. The van der Waals surface area contributed by atoms with Crippen molar-refractivity contribution in [3.05, 3.63) is 0 Å². The van der Waals surface area contributed by atoms with E-state index in [2.05, 4.69) is 30.9 Å². The number of likely N-dealkylation sites (tertiary alicyclic amines) is 1. The molecular formula is C21H39N7O3S. The number of nitrogens with zero attached hydrogens (tertiary/aromatic N) is 3. The van der Waals surface area contributed by atoms with Gasteiger partial charge in [0.2, 0.25) is 15.9 Å². The highest BCUT2D eigenvalue weighted by atomic mass is 32.2. The standard InChI is InChI=1S/C21H39N7O3S/c1-14(29)27-11-17(12-27)15-6-7-22-20(8-15)28-13-18(10-24-28)32(30,31)25-19-5-3-4-16-9-23-26(2)21(16)19/h15-25H,3-13H2,1-2H3. The van der Waals surface area contributed by atoms with Crippen molar-refractivity contribution in [1.29, 1.82) is 0 Å². The lowest BCUT2D eigenvalue weighted by Crippen LogP contribution is -2.58. The highest BCUT2D eigenvalue weighted by Crippen LogP contribution is 2.33. The lowest BCUT2D eigenvalue weighted by molar-refractivity contribution is -0.137. The zero-order valence-corrected chi connectivity index (χ0v) is 20.1. The largest absolute Gasteiger partial charge is 0.342 e. The highest BCUT2D eigenvalue weighted by Gasteiger charge is 2.45. The fourth-order valence-electron chi connectivity index (χ4n) is 6.55. The van der Waals surface area contributed by atoms with Crippen LogP contribution < -0.4 is 20.9 Å². The van der Waals surface area contributed by atoms with Gasteiger partial charge in [-0.3, -0.25) is 15.6 Å². The van der Waals surface area contributed by atoms with Crippen molar-refractivity contribution in [2.75, 3.05) is 46.3 Å². The van der Waals surface area contributed by atoms with Crippen LogP contribution in [0.5, 0.6) is 0 Å². The van der Waals surface area contributed by atoms with E-state index in [0.29, 0.717) is 30.8 Å². The first-order chi connectivity index (χ1) is 15.3. The molecule has 4 heterocycles. The van der Waals surface area contributed by atoms with Gasteiger partial charge in [0, 0.05) is 58.8 Å². The Hall–Kier alpha value is -0.820. The molecule has 0 spiro atoms. The quantitative estimate of drug-likeness (QED) is 0.401. The molecule has 4 N–H and O–H groups in total. The minimum absolute atomic E-state index is 0.0205. The number of hydrogen-bond acceptors (Lipinski definition) is 8. The van der Waals surface area contributed by atoms with Crippen LogP contribution >= 0.6 is 0 Å². The number of sulfonamides is 1. The lowest BCUT2D eigenvalue weighted by atomic mass is 9.79. The summed E-state index contributed by atoms with van der Waals surface area (Å²) in [7, 11) is -1.39. The minimum atomic E-state index is -3.41. The van der Waals surface area contributed by atoms with E-state index in [0.717, 1.165) is 51.9 Å². The zero-order valence-electron chi connectivity index (χ0n) is 19.3. The SMILES string of the molecule is CC(=O)N1CC(C2CCNC(N3CC(S(=O)(=O)NC4CCCC5CNN(C)C54)CN3)C2)C1. The number of nitrogens with one attached hydrogen (secondary N) is 4. The average molecular weight is 470 g/mol. The van der Waals surface area contributed by atoms with Crippen LogP contribution in [-0.2, 0) is 14.8 Å². The summed E-state index contributed by atoms with van der Waals surface area (Å²) in [6.07, 6.45) is 5.40. The van der Waals surface area contributed by atoms with Crippen molar-refractivity contribution in [1.82, 2.24) is 35.8 Å². The molecular weight excluding hydrogens is 430 g/mol. The molecule has 4 saturated heterocycles. The van der Waals surface area contributed by atoms with Crippen molar-refractivity contribution in [2.24, 2.45) is 17.8 Å². The second-order valence-corrected chi connectivity index (χ2v) is 12.5. The van der Waals surface area contributed by atoms with Gasteiger partial charge in [-0.15, -0.1) is 0 Å². The minimum Gasteiger partial charge on any atom is -0.342 e. The number of carbonyl (C=O) groups excluding carboxylic acids is 1. The van der Waals surface area contributed by atoms with Crippen molar-refractivity contribution in [3.8, 4) is 0 Å².